The third-order valence-electron chi connectivity index (χ3n) is 6.60. The molecule has 0 radical (unpaired) electrons. The van der Waals surface area contributed by atoms with Crippen LogP contribution in [0.15, 0.2) is 96.0 Å². The Morgan fingerprint density at radius 2 is 1.49 bits per heavy atom. The van der Waals surface area contributed by atoms with E-state index in [9.17, 15) is 18.0 Å². The molecule has 0 bridgehead atoms. The molecule has 0 aromatic heterocycles. The summed E-state index contributed by atoms with van der Waals surface area (Å²) >= 11 is 0. The van der Waals surface area contributed by atoms with Crippen molar-refractivity contribution in [2.45, 2.75) is 11.7 Å². The monoisotopic (exact) mass is 532 g/mol. The van der Waals surface area contributed by atoms with Gasteiger partial charge in [0.05, 0.1) is 14.2 Å². The van der Waals surface area contributed by atoms with E-state index in [2.05, 4.69) is 0 Å². The minimum atomic E-state index is -5.17. The molecule has 198 valence electrons. The van der Waals surface area contributed by atoms with Crippen LogP contribution in [0, 0.1) is 0 Å². The van der Waals surface area contributed by atoms with Crippen molar-refractivity contribution in [3.8, 4) is 28.4 Å². The first-order valence-corrected chi connectivity index (χ1v) is 11.8. The minimum Gasteiger partial charge on any atom is -0.497 e. The highest BCUT2D eigenvalue weighted by Crippen LogP contribution is 2.48. The maximum absolute atomic E-state index is 13.1. The van der Waals surface area contributed by atoms with E-state index in [0.717, 1.165) is 16.7 Å². The van der Waals surface area contributed by atoms with Crippen LogP contribution in [0.25, 0.3) is 11.1 Å². The second-order valence-corrected chi connectivity index (χ2v) is 8.81. The summed E-state index contributed by atoms with van der Waals surface area (Å²) in [6.45, 7) is 0. The normalized spacial score (nSPS) is 16.3. The molecule has 39 heavy (non-hydrogen) atoms. The van der Waals surface area contributed by atoms with Gasteiger partial charge in [-0.25, -0.2) is 9.79 Å². The first-order valence-electron chi connectivity index (χ1n) is 11.8. The summed E-state index contributed by atoms with van der Waals surface area (Å²) in [7, 11) is 3.04. The largest absolute Gasteiger partial charge is 0.497 e. The van der Waals surface area contributed by atoms with Crippen LogP contribution in [0.3, 0.4) is 0 Å². The number of carbonyl (C=O) groups excluding carboxylic acids is 1. The summed E-state index contributed by atoms with van der Waals surface area (Å²) in [5, 5.41) is 0. The molecular formula is C30H23F3N2O4. The average Bonchev–Trinajstić information content (AvgIpc) is 3.26. The van der Waals surface area contributed by atoms with Gasteiger partial charge < -0.3 is 19.9 Å². The molecule has 6 nitrogen and oxygen atoms in total. The quantitative estimate of drug-likeness (QED) is 0.249. The van der Waals surface area contributed by atoms with Crippen molar-refractivity contribution in [3.63, 3.8) is 0 Å². The number of nitrogens with zero attached hydrogens (tertiary/aromatic N) is 1. The van der Waals surface area contributed by atoms with Crippen molar-refractivity contribution in [1.82, 2.24) is 0 Å². The molecule has 0 saturated heterocycles. The summed E-state index contributed by atoms with van der Waals surface area (Å²) in [6, 6.07) is 26.1. The Bertz CT molecular complexity index is 1580. The number of fused-ring (bicyclic) bond motifs is 1. The van der Waals surface area contributed by atoms with Crippen LogP contribution < -0.4 is 19.9 Å². The van der Waals surface area contributed by atoms with Crippen LogP contribution in [-0.2, 0) is 10.3 Å². The number of hydrogen-bond acceptors (Lipinski definition) is 6. The van der Waals surface area contributed by atoms with E-state index in [1.165, 1.54) is 13.2 Å². The molecule has 0 saturated carbocycles. The molecule has 0 aliphatic carbocycles. The molecule has 0 amide bonds. The Balaban J connectivity index is 1.77. The van der Waals surface area contributed by atoms with Crippen molar-refractivity contribution in [2.75, 3.05) is 14.2 Å². The molecule has 1 aliphatic heterocycles. The number of ether oxygens (including phenoxy) is 3. The Morgan fingerprint density at radius 1 is 0.795 bits per heavy atom. The number of benzene rings is 4. The van der Waals surface area contributed by atoms with E-state index in [1.807, 2.05) is 36.4 Å². The van der Waals surface area contributed by atoms with E-state index in [0.29, 0.717) is 28.5 Å². The zero-order chi connectivity index (χ0) is 27.8. The molecule has 1 heterocycles. The van der Waals surface area contributed by atoms with Crippen molar-refractivity contribution in [1.29, 1.82) is 0 Å². The second kappa shape index (κ2) is 9.83. The molecule has 0 spiro atoms. The minimum absolute atomic E-state index is 0.245. The number of nitrogens with two attached hydrogens (primary N) is 1. The topological polar surface area (TPSA) is 83.1 Å². The molecule has 1 unspecified atom stereocenters. The molecule has 1 atom stereocenters. The fourth-order valence-corrected chi connectivity index (χ4v) is 4.78. The Hall–Kier alpha value is -4.79. The summed E-state index contributed by atoms with van der Waals surface area (Å²) in [5.74, 6) is -1.15. The number of amidine groups is 1. The summed E-state index contributed by atoms with van der Waals surface area (Å²) in [4.78, 5) is 16.7. The van der Waals surface area contributed by atoms with Crippen LogP contribution in [0.5, 0.6) is 17.2 Å². The third kappa shape index (κ3) is 4.56. The highest BCUT2D eigenvalue weighted by Gasteiger charge is 2.44. The molecule has 2 N–H and O–H groups in total. The van der Waals surface area contributed by atoms with Crippen LogP contribution in [0.2, 0.25) is 0 Å². The fraction of sp³-hybridized carbons (Fsp3) is 0.133. The molecule has 4 aromatic carbocycles. The van der Waals surface area contributed by atoms with Gasteiger partial charge in [0, 0.05) is 11.1 Å². The molecule has 5 rings (SSSR count). The number of rotatable bonds is 6. The number of carbonyl (C=O) groups is 1. The van der Waals surface area contributed by atoms with E-state index in [-0.39, 0.29) is 11.3 Å². The van der Waals surface area contributed by atoms with Gasteiger partial charge in [0.2, 0.25) is 0 Å². The van der Waals surface area contributed by atoms with Gasteiger partial charge in [-0.3, -0.25) is 0 Å². The molecule has 9 heteroatoms. The number of esters is 1. The summed E-state index contributed by atoms with van der Waals surface area (Å²) < 4.78 is 54.9. The third-order valence-corrected chi connectivity index (χ3v) is 6.60. The SMILES string of the molecule is COc1ccc(C2(c3ccc(OC(=O)C(F)(F)F)c(-c4cccc(OC)c4)c3)N=C(N)c3ccccc32)cc1. The van der Waals surface area contributed by atoms with E-state index >= 15 is 0 Å². The van der Waals surface area contributed by atoms with Crippen LogP contribution in [-0.4, -0.2) is 32.2 Å². The van der Waals surface area contributed by atoms with Gasteiger partial charge >= 0.3 is 12.1 Å². The van der Waals surface area contributed by atoms with Crippen LogP contribution >= 0.6 is 0 Å². The van der Waals surface area contributed by atoms with E-state index < -0.39 is 17.7 Å². The highest BCUT2D eigenvalue weighted by atomic mass is 19.4. The fourth-order valence-electron chi connectivity index (χ4n) is 4.78. The summed E-state index contributed by atoms with van der Waals surface area (Å²) in [6.07, 6.45) is -5.17. The zero-order valence-electron chi connectivity index (χ0n) is 21.0. The van der Waals surface area contributed by atoms with Gasteiger partial charge in [0.25, 0.3) is 0 Å². The number of alkyl halides is 3. The second-order valence-electron chi connectivity index (χ2n) is 8.81. The Labute approximate surface area is 222 Å². The Kier molecular flexibility index (Phi) is 6.51. The Morgan fingerprint density at radius 3 is 2.18 bits per heavy atom. The van der Waals surface area contributed by atoms with E-state index in [1.54, 1.807) is 55.6 Å². The van der Waals surface area contributed by atoms with Gasteiger partial charge in [-0.2, -0.15) is 13.2 Å². The lowest BCUT2D eigenvalue weighted by Crippen LogP contribution is -2.28. The lowest BCUT2D eigenvalue weighted by atomic mass is 9.77. The van der Waals surface area contributed by atoms with Gasteiger partial charge in [-0.15, -0.1) is 0 Å². The highest BCUT2D eigenvalue weighted by molar-refractivity contribution is 6.03. The van der Waals surface area contributed by atoms with Crippen LogP contribution in [0.4, 0.5) is 13.2 Å². The first kappa shape index (κ1) is 25.8. The number of aliphatic imine (C=N–C) groups is 1. The number of halogens is 3. The number of hydrogen-bond donors (Lipinski definition) is 1. The predicted molar refractivity (Wildman–Crippen MR) is 140 cm³/mol. The van der Waals surface area contributed by atoms with Crippen molar-refractivity contribution >= 4 is 11.8 Å². The molecule has 0 fully saturated rings. The lowest BCUT2D eigenvalue weighted by Gasteiger charge is -2.30. The maximum Gasteiger partial charge on any atom is 0.491 e. The van der Waals surface area contributed by atoms with Gasteiger partial charge in [-0.1, -0.05) is 54.6 Å². The smallest absolute Gasteiger partial charge is 0.491 e. The van der Waals surface area contributed by atoms with Gasteiger partial charge in [-0.05, 0) is 58.7 Å². The molecular weight excluding hydrogens is 509 g/mol. The van der Waals surface area contributed by atoms with Crippen molar-refractivity contribution in [3.05, 3.63) is 113 Å². The predicted octanol–water partition coefficient (Wildman–Crippen LogP) is 5.85. The van der Waals surface area contributed by atoms with Gasteiger partial charge in [0.1, 0.15) is 28.6 Å². The average molecular weight is 533 g/mol. The van der Waals surface area contributed by atoms with Crippen molar-refractivity contribution < 1.29 is 32.2 Å². The summed E-state index contributed by atoms with van der Waals surface area (Å²) in [5.41, 5.74) is 8.89. The standard InChI is InChI=1S/C30H23F3N2O4/c1-37-21-13-10-19(11-14-21)29(25-9-4-3-8-23(25)27(34)35-29)20-12-15-26(39-28(36)30(31,32)33)24(17-20)18-6-5-7-22(16-18)38-2/h3-17H,1-2H3,(H2,34,35). The van der Waals surface area contributed by atoms with E-state index in [4.69, 9.17) is 24.9 Å². The number of methoxy groups -OCH3 is 2. The van der Waals surface area contributed by atoms with Crippen LogP contribution in [0.1, 0.15) is 22.3 Å². The maximum atomic E-state index is 13.1. The van der Waals surface area contributed by atoms with Gasteiger partial charge in [0.15, 0.2) is 0 Å². The van der Waals surface area contributed by atoms with Crippen molar-refractivity contribution in [2.24, 2.45) is 10.7 Å². The zero-order valence-corrected chi connectivity index (χ0v) is 21.0. The lowest BCUT2D eigenvalue weighted by molar-refractivity contribution is -0.189. The molecule has 1 aliphatic rings. The molecule has 4 aromatic rings. The first-order chi connectivity index (χ1) is 18.7.